The highest BCUT2D eigenvalue weighted by Gasteiger charge is 2.15. The molecule has 3 aromatic rings. The number of aryl methyl sites for hydroxylation is 2. The van der Waals surface area contributed by atoms with Crippen LogP contribution in [0.1, 0.15) is 33.3 Å². The normalized spacial score (nSPS) is 11.7. The van der Waals surface area contributed by atoms with Crippen LogP contribution in [0.3, 0.4) is 0 Å². The van der Waals surface area contributed by atoms with Gasteiger partial charge in [0.15, 0.2) is 10.5 Å². The van der Waals surface area contributed by atoms with Gasteiger partial charge in [-0.3, -0.25) is 9.48 Å². The molecule has 0 aliphatic rings. The highest BCUT2D eigenvalue weighted by Crippen LogP contribution is 2.20. The molecular formula is C19H20N4O3S. The van der Waals surface area contributed by atoms with Crippen molar-refractivity contribution >= 4 is 33.4 Å². The minimum absolute atomic E-state index is 0.316. The Bertz CT molecular complexity index is 1100. The molecule has 3 rings (SSSR count). The quantitative estimate of drug-likeness (QED) is 0.501. The molecule has 8 heteroatoms. The molecule has 0 aliphatic heterocycles. The lowest BCUT2D eigenvalue weighted by Gasteiger charge is -2.03. The number of amides is 1. The van der Waals surface area contributed by atoms with E-state index in [1.165, 1.54) is 11.3 Å². The molecular weight excluding hydrogens is 364 g/mol. The largest absolute Gasteiger partial charge is 0.462 e. The van der Waals surface area contributed by atoms with Crippen LogP contribution in [0.2, 0.25) is 0 Å². The van der Waals surface area contributed by atoms with Crippen molar-refractivity contribution in [2.45, 2.75) is 20.4 Å². The van der Waals surface area contributed by atoms with Gasteiger partial charge in [-0.25, -0.2) is 4.79 Å². The fraction of sp³-hybridized carbons (Fsp3) is 0.263. The van der Waals surface area contributed by atoms with E-state index in [0.717, 1.165) is 15.8 Å². The van der Waals surface area contributed by atoms with Gasteiger partial charge >= 0.3 is 5.97 Å². The van der Waals surface area contributed by atoms with Gasteiger partial charge in [-0.1, -0.05) is 17.4 Å². The SMILES string of the molecule is C=CCn1c(=NC(=O)c2nn(C)cc2C)sc2cc(C(=O)OCC)ccc21. The molecule has 0 N–H and O–H groups in total. The number of allylic oxidation sites excluding steroid dienone is 1. The monoisotopic (exact) mass is 384 g/mol. The van der Waals surface area contributed by atoms with Gasteiger partial charge in [0.25, 0.3) is 5.91 Å². The van der Waals surface area contributed by atoms with Gasteiger partial charge in [0.2, 0.25) is 0 Å². The van der Waals surface area contributed by atoms with E-state index < -0.39 is 5.91 Å². The zero-order valence-corrected chi connectivity index (χ0v) is 16.2. The minimum Gasteiger partial charge on any atom is -0.462 e. The number of benzene rings is 1. The molecule has 0 spiro atoms. The summed E-state index contributed by atoms with van der Waals surface area (Å²) in [5, 5.41) is 4.18. The molecule has 2 aromatic heterocycles. The number of hydrogen-bond donors (Lipinski definition) is 0. The molecule has 0 aliphatic carbocycles. The van der Waals surface area contributed by atoms with E-state index >= 15 is 0 Å². The Labute approximate surface area is 160 Å². The van der Waals surface area contributed by atoms with Crippen LogP contribution in [0.15, 0.2) is 42.0 Å². The summed E-state index contributed by atoms with van der Waals surface area (Å²) in [6.07, 6.45) is 3.51. The van der Waals surface area contributed by atoms with Crippen molar-refractivity contribution in [2.24, 2.45) is 12.0 Å². The summed E-state index contributed by atoms with van der Waals surface area (Å²) in [5.74, 6) is -0.773. The first kappa shape index (κ1) is 18.8. The third-order valence-corrected chi connectivity index (χ3v) is 4.96. The van der Waals surface area contributed by atoms with Gasteiger partial charge in [-0.2, -0.15) is 10.1 Å². The van der Waals surface area contributed by atoms with Crippen LogP contribution in [0.4, 0.5) is 0 Å². The van der Waals surface area contributed by atoms with Crippen molar-refractivity contribution in [1.29, 1.82) is 0 Å². The van der Waals surface area contributed by atoms with Crippen LogP contribution >= 0.6 is 11.3 Å². The molecule has 27 heavy (non-hydrogen) atoms. The molecule has 1 aromatic carbocycles. The van der Waals surface area contributed by atoms with Gasteiger partial charge in [0.05, 0.1) is 22.4 Å². The second-order valence-corrected chi connectivity index (χ2v) is 6.95. The number of aromatic nitrogens is 3. The van der Waals surface area contributed by atoms with Crippen molar-refractivity contribution in [1.82, 2.24) is 14.3 Å². The van der Waals surface area contributed by atoms with Crippen molar-refractivity contribution < 1.29 is 14.3 Å². The molecule has 0 saturated heterocycles. The Morgan fingerprint density at radius 1 is 1.41 bits per heavy atom. The van der Waals surface area contributed by atoms with Crippen LogP contribution in [0.5, 0.6) is 0 Å². The van der Waals surface area contributed by atoms with E-state index in [4.69, 9.17) is 4.74 Å². The molecule has 2 heterocycles. The molecule has 0 fully saturated rings. The highest BCUT2D eigenvalue weighted by molar-refractivity contribution is 7.16. The van der Waals surface area contributed by atoms with Crippen LogP contribution in [0, 0.1) is 6.92 Å². The fourth-order valence-electron chi connectivity index (χ4n) is 2.76. The Balaban J connectivity index is 2.12. The van der Waals surface area contributed by atoms with Crippen LogP contribution in [-0.4, -0.2) is 32.8 Å². The lowest BCUT2D eigenvalue weighted by Crippen LogP contribution is -2.16. The maximum atomic E-state index is 12.6. The number of esters is 1. The van der Waals surface area contributed by atoms with Crippen LogP contribution < -0.4 is 4.80 Å². The second kappa shape index (κ2) is 7.71. The summed E-state index contributed by atoms with van der Waals surface area (Å²) < 4.78 is 9.37. The Morgan fingerprint density at radius 2 is 2.19 bits per heavy atom. The lowest BCUT2D eigenvalue weighted by molar-refractivity contribution is 0.0526. The number of carbonyl (C=O) groups excluding carboxylic acids is 2. The average Bonchev–Trinajstić information content (AvgIpc) is 3.14. The molecule has 140 valence electrons. The number of ether oxygens (including phenoxy) is 1. The first-order valence-corrected chi connectivity index (χ1v) is 9.27. The highest BCUT2D eigenvalue weighted by atomic mass is 32.1. The zero-order valence-electron chi connectivity index (χ0n) is 15.4. The maximum Gasteiger partial charge on any atom is 0.338 e. The minimum atomic E-state index is -0.400. The van der Waals surface area contributed by atoms with E-state index in [1.807, 2.05) is 17.6 Å². The predicted octanol–water partition coefficient (Wildman–Crippen LogP) is 2.85. The Hall–Kier alpha value is -3.00. The summed E-state index contributed by atoms with van der Waals surface area (Å²) in [6.45, 7) is 8.17. The fourth-order valence-corrected chi connectivity index (χ4v) is 3.84. The van der Waals surface area contributed by atoms with Gasteiger partial charge in [0, 0.05) is 25.4 Å². The van der Waals surface area contributed by atoms with E-state index in [1.54, 1.807) is 43.1 Å². The van der Waals surface area contributed by atoms with Gasteiger partial charge in [-0.15, -0.1) is 6.58 Å². The number of hydrogen-bond acceptors (Lipinski definition) is 5. The Kier molecular flexibility index (Phi) is 5.36. The van der Waals surface area contributed by atoms with E-state index in [2.05, 4.69) is 16.7 Å². The van der Waals surface area contributed by atoms with Crippen molar-refractivity contribution in [3.05, 3.63) is 58.7 Å². The van der Waals surface area contributed by atoms with E-state index in [0.29, 0.717) is 29.2 Å². The molecule has 0 radical (unpaired) electrons. The van der Waals surface area contributed by atoms with E-state index in [-0.39, 0.29) is 5.97 Å². The topological polar surface area (TPSA) is 78.5 Å². The van der Waals surface area contributed by atoms with Gasteiger partial charge in [-0.05, 0) is 32.0 Å². The summed E-state index contributed by atoms with van der Waals surface area (Å²) >= 11 is 1.33. The molecule has 0 bridgehead atoms. The Morgan fingerprint density at radius 3 is 2.81 bits per heavy atom. The number of fused-ring (bicyclic) bond motifs is 1. The number of thiazole rings is 1. The molecule has 0 atom stereocenters. The molecule has 1 amide bonds. The zero-order chi connectivity index (χ0) is 19.6. The molecule has 0 saturated carbocycles. The molecule has 0 unspecified atom stereocenters. The summed E-state index contributed by atoms with van der Waals surface area (Å²) in [4.78, 5) is 29.4. The maximum absolute atomic E-state index is 12.6. The van der Waals surface area contributed by atoms with Gasteiger partial charge < -0.3 is 9.30 Å². The average molecular weight is 384 g/mol. The summed E-state index contributed by atoms with van der Waals surface area (Å²) in [5.41, 5.74) is 2.44. The first-order chi connectivity index (χ1) is 12.9. The third kappa shape index (κ3) is 3.75. The van der Waals surface area contributed by atoms with Crippen LogP contribution in [-0.2, 0) is 18.3 Å². The lowest BCUT2D eigenvalue weighted by atomic mass is 10.2. The smallest absolute Gasteiger partial charge is 0.338 e. The summed E-state index contributed by atoms with van der Waals surface area (Å²) in [6, 6.07) is 5.30. The number of carbonyl (C=O) groups is 2. The number of nitrogens with zero attached hydrogens (tertiary/aromatic N) is 4. The number of rotatable bonds is 5. The molecule has 7 nitrogen and oxygen atoms in total. The van der Waals surface area contributed by atoms with Crippen molar-refractivity contribution in [3.8, 4) is 0 Å². The summed E-state index contributed by atoms with van der Waals surface area (Å²) in [7, 11) is 1.76. The van der Waals surface area contributed by atoms with Crippen molar-refractivity contribution in [3.63, 3.8) is 0 Å². The van der Waals surface area contributed by atoms with E-state index in [9.17, 15) is 9.59 Å². The van der Waals surface area contributed by atoms with Gasteiger partial charge in [0.1, 0.15) is 0 Å². The predicted molar refractivity (Wildman–Crippen MR) is 104 cm³/mol. The van der Waals surface area contributed by atoms with Crippen molar-refractivity contribution in [2.75, 3.05) is 6.61 Å². The standard InChI is InChI=1S/C19H20N4O3S/c1-5-9-23-14-8-7-13(18(25)26-6-2)10-15(14)27-19(23)20-17(24)16-12(3)11-22(4)21-16/h5,7-8,10-11H,1,6,9H2,2-4H3. The van der Waals surface area contributed by atoms with Crippen LogP contribution in [0.25, 0.3) is 10.2 Å². The first-order valence-electron chi connectivity index (χ1n) is 8.45. The second-order valence-electron chi connectivity index (χ2n) is 5.94. The third-order valence-electron chi connectivity index (χ3n) is 3.92.